The van der Waals surface area contributed by atoms with E-state index in [0.29, 0.717) is 0 Å². The van der Waals surface area contributed by atoms with Gasteiger partial charge in [0.2, 0.25) is 0 Å². The van der Waals surface area contributed by atoms with E-state index in [9.17, 15) is 0 Å². The smallest absolute Gasteiger partial charge is 0.0465 e. The monoisotopic (exact) mass is 791 g/mol. The van der Waals surface area contributed by atoms with Crippen LogP contribution in [0.5, 0.6) is 0 Å². The Labute approximate surface area is 364 Å². The van der Waals surface area contributed by atoms with Gasteiger partial charge in [0, 0.05) is 22.5 Å². The maximum absolute atomic E-state index is 2.42. The number of fused-ring (bicyclic) bond motifs is 4. The second-order valence-electron chi connectivity index (χ2n) is 17.0. The van der Waals surface area contributed by atoms with E-state index in [1.807, 2.05) is 0 Å². The van der Waals surface area contributed by atoms with Crippen LogP contribution in [0.4, 0.5) is 17.1 Å². The van der Waals surface area contributed by atoms with Crippen LogP contribution in [0.15, 0.2) is 237 Å². The molecule has 0 spiro atoms. The number of anilines is 3. The van der Waals surface area contributed by atoms with E-state index in [2.05, 4.69) is 255 Å². The molecular weight excluding hydrogens is 747 g/mol. The van der Waals surface area contributed by atoms with Crippen LogP contribution in [-0.2, 0) is 5.41 Å². The van der Waals surface area contributed by atoms with E-state index in [4.69, 9.17) is 0 Å². The van der Waals surface area contributed by atoms with Crippen LogP contribution in [0.3, 0.4) is 0 Å². The van der Waals surface area contributed by atoms with Crippen LogP contribution in [0.25, 0.3) is 77.5 Å². The molecule has 1 heteroatoms. The molecule has 0 radical (unpaired) electrons. The molecule has 0 N–H and O–H groups in total. The number of benzene rings is 10. The minimum atomic E-state index is -0.186. The maximum atomic E-state index is 2.42. The Kier molecular flexibility index (Phi) is 9.24. The van der Waals surface area contributed by atoms with Gasteiger partial charge in [-0.1, -0.05) is 184 Å². The third-order valence-electron chi connectivity index (χ3n) is 12.8. The van der Waals surface area contributed by atoms with Gasteiger partial charge >= 0.3 is 0 Å². The summed E-state index contributed by atoms with van der Waals surface area (Å²) in [5.74, 6) is 0. The molecule has 0 atom stereocenters. The molecule has 0 saturated heterocycles. The molecule has 0 unspecified atom stereocenters. The van der Waals surface area contributed by atoms with Crippen molar-refractivity contribution < 1.29 is 0 Å². The van der Waals surface area contributed by atoms with Gasteiger partial charge < -0.3 is 4.90 Å². The van der Waals surface area contributed by atoms with Gasteiger partial charge in [-0.3, -0.25) is 0 Å². The molecule has 294 valence electrons. The van der Waals surface area contributed by atoms with Gasteiger partial charge in [-0.15, -0.1) is 0 Å². The molecule has 1 aliphatic carbocycles. The summed E-state index contributed by atoms with van der Waals surface area (Å²) in [5, 5.41) is 2.53. The number of rotatable bonds is 8. The molecule has 11 rings (SSSR count). The fraction of sp³-hybridized carbons (Fsp3) is 0.0492. The normalized spacial score (nSPS) is 12.5. The lowest BCUT2D eigenvalue weighted by Gasteiger charge is -2.28. The molecule has 0 aromatic heterocycles. The van der Waals surface area contributed by atoms with Gasteiger partial charge in [0.05, 0.1) is 0 Å². The minimum Gasteiger partial charge on any atom is -0.310 e. The molecule has 10 aromatic rings. The van der Waals surface area contributed by atoms with Crippen molar-refractivity contribution in [3.05, 3.63) is 248 Å². The van der Waals surface area contributed by atoms with E-state index >= 15 is 0 Å². The molecule has 0 heterocycles. The molecule has 0 fully saturated rings. The topological polar surface area (TPSA) is 3.24 Å². The van der Waals surface area contributed by atoms with Crippen molar-refractivity contribution >= 4 is 27.8 Å². The van der Waals surface area contributed by atoms with Crippen molar-refractivity contribution in [1.29, 1.82) is 0 Å². The predicted octanol–water partition coefficient (Wildman–Crippen LogP) is 17.0. The average molecular weight is 792 g/mol. The zero-order valence-corrected chi connectivity index (χ0v) is 35.0. The molecule has 0 amide bonds. The Bertz CT molecular complexity index is 3160. The largest absolute Gasteiger partial charge is 0.310 e. The van der Waals surface area contributed by atoms with Crippen molar-refractivity contribution in [2.45, 2.75) is 19.3 Å². The van der Waals surface area contributed by atoms with Crippen LogP contribution in [0, 0.1) is 0 Å². The van der Waals surface area contributed by atoms with Crippen LogP contribution in [0.1, 0.15) is 25.0 Å². The second kappa shape index (κ2) is 15.4. The number of hydrogen-bond donors (Lipinski definition) is 0. The van der Waals surface area contributed by atoms with Crippen molar-refractivity contribution in [1.82, 2.24) is 0 Å². The average Bonchev–Trinajstić information content (AvgIpc) is 3.57. The standard InChI is InChI=1S/C61H45N/c1-61(2)59-40-50(46-24-22-45(23-25-46)49-27-26-44-18-12-13-19-48(44)36-49)30-34-57(59)58-35-33-56(41-60(58)61)62(54-20-10-5-11-21-54)55-31-28-47(29-32-55)53-38-51(42-14-6-3-7-15-42)37-52(39-53)43-16-8-4-9-17-43/h3-41H,1-2H3. The Morgan fingerprint density at radius 3 is 1.24 bits per heavy atom. The Morgan fingerprint density at radius 2 is 0.645 bits per heavy atom. The van der Waals surface area contributed by atoms with E-state index in [1.165, 1.54) is 88.7 Å². The second-order valence-corrected chi connectivity index (χ2v) is 17.0. The van der Waals surface area contributed by atoms with Crippen molar-refractivity contribution in [3.8, 4) is 66.8 Å². The van der Waals surface area contributed by atoms with E-state index in [0.717, 1.165) is 17.1 Å². The summed E-state index contributed by atoms with van der Waals surface area (Å²) in [4.78, 5) is 2.39. The third kappa shape index (κ3) is 6.79. The summed E-state index contributed by atoms with van der Waals surface area (Å²) in [7, 11) is 0. The molecule has 1 aliphatic rings. The highest BCUT2D eigenvalue weighted by molar-refractivity contribution is 5.90. The van der Waals surface area contributed by atoms with Gasteiger partial charge in [-0.25, -0.2) is 0 Å². The minimum absolute atomic E-state index is 0.186. The van der Waals surface area contributed by atoms with Gasteiger partial charge in [0.15, 0.2) is 0 Å². The zero-order chi connectivity index (χ0) is 41.6. The summed E-state index contributed by atoms with van der Waals surface area (Å²) in [5.41, 5.74) is 20.7. The fourth-order valence-electron chi connectivity index (χ4n) is 9.48. The summed E-state index contributed by atoms with van der Waals surface area (Å²) in [6, 6.07) is 86.6. The highest BCUT2D eigenvalue weighted by Gasteiger charge is 2.36. The lowest BCUT2D eigenvalue weighted by atomic mass is 9.81. The van der Waals surface area contributed by atoms with Gasteiger partial charge in [0.25, 0.3) is 0 Å². The highest BCUT2D eigenvalue weighted by atomic mass is 15.1. The molecule has 1 nitrogen and oxygen atoms in total. The Hall–Kier alpha value is -7.74. The Morgan fingerprint density at radius 1 is 0.258 bits per heavy atom. The van der Waals surface area contributed by atoms with Crippen LogP contribution in [0.2, 0.25) is 0 Å². The SMILES string of the molecule is CC1(C)c2cc(-c3ccc(-c4ccc5ccccc5c4)cc3)ccc2-c2ccc(N(c3ccccc3)c3ccc(-c4cc(-c5ccccc5)cc(-c5ccccc5)c4)cc3)cc21. The highest BCUT2D eigenvalue weighted by Crippen LogP contribution is 2.52. The quantitative estimate of drug-likeness (QED) is 0.148. The van der Waals surface area contributed by atoms with Crippen LogP contribution < -0.4 is 4.90 Å². The van der Waals surface area contributed by atoms with Crippen molar-refractivity contribution in [2.75, 3.05) is 4.90 Å². The zero-order valence-electron chi connectivity index (χ0n) is 35.0. The molecule has 0 saturated carbocycles. The van der Waals surface area contributed by atoms with Gasteiger partial charge in [-0.05, 0) is 155 Å². The van der Waals surface area contributed by atoms with Gasteiger partial charge in [0.1, 0.15) is 0 Å². The van der Waals surface area contributed by atoms with E-state index < -0.39 is 0 Å². The fourth-order valence-corrected chi connectivity index (χ4v) is 9.48. The number of hydrogen-bond acceptors (Lipinski definition) is 1. The molecule has 0 bridgehead atoms. The lowest BCUT2D eigenvalue weighted by Crippen LogP contribution is -2.16. The molecule has 0 aliphatic heterocycles. The van der Waals surface area contributed by atoms with E-state index in [1.54, 1.807) is 0 Å². The Balaban J connectivity index is 0.921. The first kappa shape index (κ1) is 37.3. The number of para-hydroxylation sites is 1. The lowest BCUT2D eigenvalue weighted by molar-refractivity contribution is 0.660. The summed E-state index contributed by atoms with van der Waals surface area (Å²) < 4.78 is 0. The van der Waals surface area contributed by atoms with Crippen LogP contribution in [-0.4, -0.2) is 0 Å². The van der Waals surface area contributed by atoms with Crippen LogP contribution >= 0.6 is 0 Å². The molecule has 62 heavy (non-hydrogen) atoms. The molecular formula is C61H45N. The summed E-state index contributed by atoms with van der Waals surface area (Å²) >= 11 is 0. The maximum Gasteiger partial charge on any atom is 0.0465 e. The summed E-state index contributed by atoms with van der Waals surface area (Å²) in [6.07, 6.45) is 0. The van der Waals surface area contributed by atoms with Crippen molar-refractivity contribution in [2.24, 2.45) is 0 Å². The van der Waals surface area contributed by atoms with E-state index in [-0.39, 0.29) is 5.41 Å². The molecule has 10 aromatic carbocycles. The first-order chi connectivity index (χ1) is 30.5. The predicted molar refractivity (Wildman–Crippen MR) is 263 cm³/mol. The third-order valence-corrected chi connectivity index (χ3v) is 12.8. The first-order valence-electron chi connectivity index (χ1n) is 21.6. The van der Waals surface area contributed by atoms with Crippen molar-refractivity contribution in [3.63, 3.8) is 0 Å². The summed E-state index contributed by atoms with van der Waals surface area (Å²) in [6.45, 7) is 4.76. The first-order valence-corrected chi connectivity index (χ1v) is 21.6. The van der Waals surface area contributed by atoms with Gasteiger partial charge in [-0.2, -0.15) is 0 Å². The number of nitrogens with zero attached hydrogens (tertiary/aromatic N) is 1.